The molecular weight excluding hydrogens is 263 g/mol. The zero-order chi connectivity index (χ0) is 14.5. The molecule has 0 atom stereocenters. The van der Waals surface area contributed by atoms with Gasteiger partial charge in [-0.3, -0.25) is 4.79 Å². The Kier molecular flexibility index (Phi) is 4.91. The second-order valence-electron chi connectivity index (χ2n) is 3.70. The molecule has 0 radical (unpaired) electrons. The summed E-state index contributed by atoms with van der Waals surface area (Å²) in [4.78, 5) is 22.7. The summed E-state index contributed by atoms with van der Waals surface area (Å²) in [7, 11) is 1.17. The highest BCUT2D eigenvalue weighted by molar-refractivity contribution is 6.01. The van der Waals surface area contributed by atoms with E-state index in [4.69, 9.17) is 0 Å². The lowest BCUT2D eigenvalue weighted by Crippen LogP contribution is -2.18. The maximum Gasteiger partial charge on any atom is 0.389 e. The number of halogens is 3. The number of ether oxygens (including phenoxy) is 1. The first-order chi connectivity index (χ1) is 8.83. The second kappa shape index (κ2) is 6.21. The number of amides is 1. The summed E-state index contributed by atoms with van der Waals surface area (Å²) in [6.45, 7) is 0. The highest BCUT2D eigenvalue weighted by Gasteiger charge is 2.28. The van der Waals surface area contributed by atoms with Crippen molar-refractivity contribution in [3.63, 3.8) is 0 Å². The third kappa shape index (κ3) is 4.99. The Bertz CT molecular complexity index is 472. The molecule has 0 aliphatic heterocycles. The van der Waals surface area contributed by atoms with Crippen LogP contribution in [0.25, 0.3) is 0 Å². The molecule has 0 fully saturated rings. The smallest absolute Gasteiger partial charge is 0.389 e. The Labute approximate surface area is 107 Å². The lowest BCUT2D eigenvalue weighted by Gasteiger charge is -2.10. The van der Waals surface area contributed by atoms with E-state index >= 15 is 0 Å². The third-order valence-corrected chi connectivity index (χ3v) is 2.24. The summed E-state index contributed by atoms with van der Waals surface area (Å²) in [5, 5.41) is 2.26. The lowest BCUT2D eigenvalue weighted by molar-refractivity contribution is -0.142. The first kappa shape index (κ1) is 15.0. The number of nitrogens with one attached hydrogen (secondary N) is 1. The van der Waals surface area contributed by atoms with Gasteiger partial charge < -0.3 is 10.1 Å². The van der Waals surface area contributed by atoms with Crippen molar-refractivity contribution >= 4 is 17.6 Å². The van der Waals surface area contributed by atoms with Gasteiger partial charge in [0.1, 0.15) is 0 Å². The molecule has 1 amide bonds. The monoisotopic (exact) mass is 275 g/mol. The van der Waals surface area contributed by atoms with Crippen LogP contribution in [-0.4, -0.2) is 25.2 Å². The summed E-state index contributed by atoms with van der Waals surface area (Å²) in [6, 6.07) is 5.92. The van der Waals surface area contributed by atoms with Crippen molar-refractivity contribution in [3.05, 3.63) is 29.8 Å². The number of para-hydroxylation sites is 1. The fourth-order valence-electron chi connectivity index (χ4n) is 1.35. The third-order valence-electron chi connectivity index (χ3n) is 2.24. The lowest BCUT2D eigenvalue weighted by atomic mass is 10.1. The van der Waals surface area contributed by atoms with Crippen LogP contribution in [0.5, 0.6) is 0 Å². The Morgan fingerprint density at radius 3 is 2.47 bits per heavy atom. The molecule has 0 aliphatic carbocycles. The number of esters is 1. The van der Waals surface area contributed by atoms with Crippen LogP contribution < -0.4 is 5.32 Å². The van der Waals surface area contributed by atoms with Gasteiger partial charge in [-0.15, -0.1) is 0 Å². The normalized spacial score (nSPS) is 10.9. The molecule has 1 N–H and O–H groups in total. The standard InChI is InChI=1S/C12H12F3NO3/c1-19-11(18)8-4-2-3-5-9(8)16-10(17)6-7-12(13,14)15/h2-5H,6-7H2,1H3,(H,16,17). The topological polar surface area (TPSA) is 55.4 Å². The van der Waals surface area contributed by atoms with Crippen LogP contribution >= 0.6 is 0 Å². The largest absolute Gasteiger partial charge is 0.465 e. The first-order valence-electron chi connectivity index (χ1n) is 5.37. The van der Waals surface area contributed by atoms with E-state index in [0.29, 0.717) is 0 Å². The van der Waals surface area contributed by atoms with Crippen LogP contribution in [-0.2, 0) is 9.53 Å². The molecular formula is C12H12F3NO3. The van der Waals surface area contributed by atoms with Crippen LogP contribution in [0, 0.1) is 0 Å². The predicted molar refractivity (Wildman–Crippen MR) is 61.7 cm³/mol. The van der Waals surface area contributed by atoms with Crippen LogP contribution in [0.1, 0.15) is 23.2 Å². The van der Waals surface area contributed by atoms with Crippen molar-refractivity contribution in [3.8, 4) is 0 Å². The molecule has 7 heteroatoms. The summed E-state index contributed by atoms with van der Waals surface area (Å²) in [5.41, 5.74) is 0.215. The fourth-order valence-corrected chi connectivity index (χ4v) is 1.35. The van der Waals surface area contributed by atoms with Gasteiger partial charge in [0.15, 0.2) is 0 Å². The van der Waals surface area contributed by atoms with E-state index in [9.17, 15) is 22.8 Å². The predicted octanol–water partition coefficient (Wildman–Crippen LogP) is 2.75. The molecule has 0 spiro atoms. The molecule has 0 heterocycles. The number of methoxy groups -OCH3 is 1. The number of carbonyl (C=O) groups is 2. The molecule has 0 unspecified atom stereocenters. The van der Waals surface area contributed by atoms with Crippen molar-refractivity contribution in [2.45, 2.75) is 19.0 Å². The molecule has 0 aromatic heterocycles. The van der Waals surface area contributed by atoms with Crippen LogP contribution in [0.15, 0.2) is 24.3 Å². The summed E-state index contributed by atoms with van der Waals surface area (Å²) in [5.74, 6) is -1.49. The average Bonchev–Trinajstić information content (AvgIpc) is 2.35. The van der Waals surface area contributed by atoms with Gasteiger partial charge in [0.25, 0.3) is 0 Å². The van der Waals surface area contributed by atoms with E-state index in [2.05, 4.69) is 10.1 Å². The van der Waals surface area contributed by atoms with Crippen molar-refractivity contribution < 1.29 is 27.5 Å². The molecule has 0 saturated carbocycles. The number of alkyl halides is 3. The second-order valence-corrected chi connectivity index (χ2v) is 3.70. The minimum atomic E-state index is -4.39. The van der Waals surface area contributed by atoms with E-state index < -0.39 is 30.9 Å². The van der Waals surface area contributed by atoms with Crippen LogP contribution in [0.4, 0.5) is 18.9 Å². The van der Waals surface area contributed by atoms with Gasteiger partial charge in [0, 0.05) is 6.42 Å². The average molecular weight is 275 g/mol. The van der Waals surface area contributed by atoms with Crippen molar-refractivity contribution in [2.24, 2.45) is 0 Å². The zero-order valence-electron chi connectivity index (χ0n) is 10.1. The van der Waals surface area contributed by atoms with E-state index in [-0.39, 0.29) is 11.3 Å². The molecule has 1 aromatic carbocycles. The number of benzene rings is 1. The van der Waals surface area contributed by atoms with Crippen LogP contribution in [0.3, 0.4) is 0 Å². The number of carbonyl (C=O) groups excluding carboxylic acids is 2. The van der Waals surface area contributed by atoms with Gasteiger partial charge in [-0.05, 0) is 12.1 Å². The Morgan fingerprint density at radius 2 is 1.89 bits per heavy atom. The van der Waals surface area contributed by atoms with E-state index in [1.165, 1.54) is 19.2 Å². The Balaban J connectivity index is 2.72. The maximum atomic E-state index is 12.0. The molecule has 0 saturated heterocycles. The number of hydrogen-bond acceptors (Lipinski definition) is 3. The van der Waals surface area contributed by atoms with Gasteiger partial charge in [-0.2, -0.15) is 13.2 Å². The minimum absolute atomic E-state index is 0.0883. The van der Waals surface area contributed by atoms with E-state index in [1.54, 1.807) is 12.1 Å². The Morgan fingerprint density at radius 1 is 1.26 bits per heavy atom. The molecule has 1 rings (SSSR count). The zero-order valence-corrected chi connectivity index (χ0v) is 10.1. The fraction of sp³-hybridized carbons (Fsp3) is 0.333. The van der Waals surface area contributed by atoms with Crippen molar-refractivity contribution in [2.75, 3.05) is 12.4 Å². The molecule has 0 bridgehead atoms. The number of anilines is 1. The molecule has 4 nitrogen and oxygen atoms in total. The van der Waals surface area contributed by atoms with E-state index in [0.717, 1.165) is 0 Å². The first-order valence-corrected chi connectivity index (χ1v) is 5.37. The van der Waals surface area contributed by atoms with Crippen molar-refractivity contribution in [1.82, 2.24) is 0 Å². The van der Waals surface area contributed by atoms with Gasteiger partial charge >= 0.3 is 12.1 Å². The maximum absolute atomic E-state index is 12.0. The van der Waals surface area contributed by atoms with Crippen LogP contribution in [0.2, 0.25) is 0 Å². The van der Waals surface area contributed by atoms with Crippen molar-refractivity contribution in [1.29, 1.82) is 0 Å². The van der Waals surface area contributed by atoms with Gasteiger partial charge in [0.05, 0.1) is 24.8 Å². The van der Waals surface area contributed by atoms with E-state index in [1.807, 2.05) is 0 Å². The summed E-state index contributed by atoms with van der Waals surface area (Å²) < 4.78 is 40.4. The molecule has 1 aromatic rings. The number of rotatable bonds is 4. The minimum Gasteiger partial charge on any atom is -0.465 e. The highest BCUT2D eigenvalue weighted by atomic mass is 19.4. The van der Waals surface area contributed by atoms with Gasteiger partial charge in [0.2, 0.25) is 5.91 Å². The highest BCUT2D eigenvalue weighted by Crippen LogP contribution is 2.22. The summed E-state index contributed by atoms with van der Waals surface area (Å²) >= 11 is 0. The van der Waals surface area contributed by atoms with Gasteiger partial charge in [-0.1, -0.05) is 12.1 Å². The van der Waals surface area contributed by atoms with Gasteiger partial charge in [-0.25, -0.2) is 4.79 Å². The molecule has 19 heavy (non-hydrogen) atoms. The molecule has 0 aliphatic rings. The number of hydrogen-bond donors (Lipinski definition) is 1. The quantitative estimate of drug-likeness (QED) is 0.860. The Hall–Kier alpha value is -2.05. The summed E-state index contributed by atoms with van der Waals surface area (Å²) in [6.07, 6.45) is -6.29. The SMILES string of the molecule is COC(=O)c1ccccc1NC(=O)CCC(F)(F)F. The molecule has 104 valence electrons.